The maximum Gasteiger partial charge on any atom is 0.167 e. The maximum absolute atomic E-state index is 11.5. The van der Waals surface area contributed by atoms with Crippen molar-refractivity contribution in [3.63, 3.8) is 0 Å². The van der Waals surface area contributed by atoms with E-state index in [1.807, 2.05) is 6.92 Å². The quantitative estimate of drug-likeness (QED) is 0.732. The van der Waals surface area contributed by atoms with Crippen LogP contribution in [0.3, 0.4) is 0 Å². The molecule has 0 saturated carbocycles. The minimum atomic E-state index is -0.152. The van der Waals surface area contributed by atoms with Crippen molar-refractivity contribution in [2.75, 3.05) is 13.7 Å². The number of hydrogen-bond acceptors (Lipinski definition) is 4. The second-order valence-electron chi connectivity index (χ2n) is 3.30. The zero-order chi connectivity index (χ0) is 11.4. The Morgan fingerprint density at radius 1 is 1.53 bits per heavy atom. The number of phenols is 1. The van der Waals surface area contributed by atoms with Gasteiger partial charge >= 0.3 is 0 Å². The van der Waals surface area contributed by atoms with Crippen LogP contribution in [-0.2, 0) is 0 Å². The van der Waals surface area contributed by atoms with Crippen molar-refractivity contribution in [3.05, 3.63) is 23.3 Å². The third-order valence-corrected chi connectivity index (χ3v) is 2.18. The highest BCUT2D eigenvalue weighted by Gasteiger charge is 2.13. The summed E-state index contributed by atoms with van der Waals surface area (Å²) in [5.41, 5.74) is 6.40. The first kappa shape index (κ1) is 11.5. The number of phenolic OH excluding ortho intramolecular Hbond substituents is 1. The Morgan fingerprint density at radius 3 is 2.73 bits per heavy atom. The predicted octanol–water partition coefficient (Wildman–Crippen LogP) is 1.24. The van der Waals surface area contributed by atoms with Crippen LogP contribution >= 0.6 is 0 Å². The number of hydrogen-bond donors (Lipinski definition) is 2. The van der Waals surface area contributed by atoms with Gasteiger partial charge < -0.3 is 15.6 Å². The van der Waals surface area contributed by atoms with E-state index in [1.165, 1.54) is 13.2 Å². The van der Waals surface area contributed by atoms with E-state index in [9.17, 15) is 9.90 Å². The normalized spacial score (nSPS) is 10.1. The van der Waals surface area contributed by atoms with Crippen LogP contribution in [0.25, 0.3) is 0 Å². The molecule has 3 N–H and O–H groups in total. The second-order valence-corrected chi connectivity index (χ2v) is 3.30. The summed E-state index contributed by atoms with van der Waals surface area (Å²) in [6.45, 7) is 2.10. The second kappa shape index (κ2) is 4.79. The van der Waals surface area contributed by atoms with Gasteiger partial charge in [-0.15, -0.1) is 0 Å². The Hall–Kier alpha value is -1.55. The lowest BCUT2D eigenvalue weighted by molar-refractivity contribution is 0.0982. The zero-order valence-corrected chi connectivity index (χ0v) is 8.91. The van der Waals surface area contributed by atoms with Gasteiger partial charge in [-0.05, 0) is 25.1 Å². The Morgan fingerprint density at radius 2 is 2.20 bits per heavy atom. The van der Waals surface area contributed by atoms with E-state index in [0.717, 1.165) is 5.56 Å². The number of carbonyl (C=O) groups is 1. The number of methoxy groups -OCH3 is 1. The Labute approximate surface area is 88.7 Å². The van der Waals surface area contributed by atoms with E-state index < -0.39 is 0 Å². The molecule has 0 heterocycles. The molecule has 1 aromatic rings. The minimum Gasteiger partial charge on any atom is -0.507 e. The topological polar surface area (TPSA) is 72.5 Å². The lowest BCUT2D eigenvalue weighted by Crippen LogP contribution is -2.08. The number of ketones is 1. The lowest BCUT2D eigenvalue weighted by Gasteiger charge is -2.08. The molecule has 4 nitrogen and oxygen atoms in total. The van der Waals surface area contributed by atoms with Crippen LogP contribution in [0.1, 0.15) is 22.3 Å². The standard InChI is InChI=1S/C11H15NO3/c1-7-5-8(9(13)3-4-12)10(14)6-11(7)15-2/h5-6,14H,3-4,12H2,1-2H3. The molecule has 0 radical (unpaired) electrons. The summed E-state index contributed by atoms with van der Waals surface area (Å²) in [7, 11) is 1.52. The van der Waals surface area contributed by atoms with Crippen molar-refractivity contribution in [2.24, 2.45) is 5.73 Å². The van der Waals surface area contributed by atoms with Gasteiger partial charge in [0.05, 0.1) is 12.7 Å². The molecule has 0 aliphatic heterocycles. The number of nitrogens with two attached hydrogens (primary N) is 1. The molecule has 82 valence electrons. The molecule has 0 aliphatic rings. The van der Waals surface area contributed by atoms with Crippen LogP contribution in [0.4, 0.5) is 0 Å². The van der Waals surface area contributed by atoms with Crippen LogP contribution in [0, 0.1) is 6.92 Å². The summed E-state index contributed by atoms with van der Waals surface area (Å²) in [4.78, 5) is 11.5. The van der Waals surface area contributed by atoms with Gasteiger partial charge in [0, 0.05) is 12.5 Å². The molecule has 0 aliphatic carbocycles. The molecular formula is C11H15NO3. The molecule has 1 aromatic carbocycles. The van der Waals surface area contributed by atoms with Gasteiger partial charge in [-0.1, -0.05) is 0 Å². The fourth-order valence-corrected chi connectivity index (χ4v) is 1.39. The van der Waals surface area contributed by atoms with E-state index >= 15 is 0 Å². The van der Waals surface area contributed by atoms with Crippen molar-refractivity contribution < 1.29 is 14.6 Å². The van der Waals surface area contributed by atoms with Gasteiger partial charge in [-0.25, -0.2) is 0 Å². The SMILES string of the molecule is COc1cc(O)c(C(=O)CCN)cc1C. The van der Waals surface area contributed by atoms with Gasteiger partial charge in [0.25, 0.3) is 0 Å². The molecule has 0 aromatic heterocycles. The number of ether oxygens (including phenoxy) is 1. The van der Waals surface area contributed by atoms with Gasteiger partial charge in [-0.3, -0.25) is 4.79 Å². The lowest BCUT2D eigenvalue weighted by atomic mass is 10.0. The predicted molar refractivity (Wildman–Crippen MR) is 57.4 cm³/mol. The molecule has 0 unspecified atom stereocenters. The summed E-state index contributed by atoms with van der Waals surface area (Å²) < 4.78 is 5.02. The molecule has 0 bridgehead atoms. The van der Waals surface area contributed by atoms with Gasteiger partial charge in [0.2, 0.25) is 0 Å². The van der Waals surface area contributed by atoms with E-state index in [-0.39, 0.29) is 24.5 Å². The average Bonchev–Trinajstić information content (AvgIpc) is 2.21. The molecule has 15 heavy (non-hydrogen) atoms. The Bertz CT molecular complexity index is 374. The van der Waals surface area contributed by atoms with E-state index in [4.69, 9.17) is 10.5 Å². The molecular weight excluding hydrogens is 194 g/mol. The largest absolute Gasteiger partial charge is 0.507 e. The highest BCUT2D eigenvalue weighted by molar-refractivity contribution is 5.99. The molecule has 1 rings (SSSR count). The van der Waals surface area contributed by atoms with E-state index in [0.29, 0.717) is 11.3 Å². The van der Waals surface area contributed by atoms with E-state index in [1.54, 1.807) is 6.07 Å². The monoisotopic (exact) mass is 209 g/mol. The number of carbonyl (C=O) groups excluding carboxylic acids is 1. The average molecular weight is 209 g/mol. The third-order valence-electron chi connectivity index (χ3n) is 2.18. The smallest absolute Gasteiger partial charge is 0.167 e. The first-order valence-electron chi connectivity index (χ1n) is 4.71. The molecule has 0 fully saturated rings. The summed E-state index contributed by atoms with van der Waals surface area (Å²) in [6, 6.07) is 3.06. The molecule has 4 heteroatoms. The Balaban J connectivity index is 3.10. The number of Topliss-reactive ketones (excluding diaryl/α,β-unsaturated/α-hetero) is 1. The van der Waals surface area contributed by atoms with Crippen molar-refractivity contribution >= 4 is 5.78 Å². The van der Waals surface area contributed by atoms with Crippen LogP contribution in [0.2, 0.25) is 0 Å². The zero-order valence-electron chi connectivity index (χ0n) is 8.91. The van der Waals surface area contributed by atoms with Crippen LogP contribution < -0.4 is 10.5 Å². The van der Waals surface area contributed by atoms with Crippen molar-refractivity contribution in [2.45, 2.75) is 13.3 Å². The van der Waals surface area contributed by atoms with Gasteiger partial charge in [0.1, 0.15) is 11.5 Å². The van der Waals surface area contributed by atoms with E-state index in [2.05, 4.69) is 0 Å². The van der Waals surface area contributed by atoms with Crippen LogP contribution in [0.5, 0.6) is 11.5 Å². The number of benzene rings is 1. The highest BCUT2D eigenvalue weighted by Crippen LogP contribution is 2.28. The fourth-order valence-electron chi connectivity index (χ4n) is 1.39. The highest BCUT2D eigenvalue weighted by atomic mass is 16.5. The summed E-state index contributed by atoms with van der Waals surface area (Å²) >= 11 is 0. The van der Waals surface area contributed by atoms with Gasteiger partial charge in [-0.2, -0.15) is 0 Å². The summed E-state index contributed by atoms with van der Waals surface area (Å²) in [6.07, 6.45) is 0.235. The first-order valence-corrected chi connectivity index (χ1v) is 4.71. The molecule has 0 amide bonds. The number of rotatable bonds is 4. The van der Waals surface area contributed by atoms with Crippen LogP contribution in [-0.4, -0.2) is 24.5 Å². The Kier molecular flexibility index (Phi) is 3.68. The summed E-state index contributed by atoms with van der Waals surface area (Å²) in [5.74, 6) is 0.355. The molecule has 0 atom stereocenters. The fraction of sp³-hybridized carbons (Fsp3) is 0.364. The molecule has 0 saturated heterocycles. The van der Waals surface area contributed by atoms with Crippen LogP contribution in [0.15, 0.2) is 12.1 Å². The molecule has 0 spiro atoms. The van der Waals surface area contributed by atoms with Crippen molar-refractivity contribution in [1.29, 1.82) is 0 Å². The minimum absolute atomic E-state index is 0.0594. The first-order chi connectivity index (χ1) is 7.10. The number of aryl methyl sites for hydroxylation is 1. The van der Waals surface area contributed by atoms with Crippen molar-refractivity contribution in [3.8, 4) is 11.5 Å². The van der Waals surface area contributed by atoms with Gasteiger partial charge in [0.15, 0.2) is 5.78 Å². The third kappa shape index (κ3) is 2.47. The summed E-state index contributed by atoms with van der Waals surface area (Å²) in [5, 5.41) is 9.60. The van der Waals surface area contributed by atoms with Crippen molar-refractivity contribution in [1.82, 2.24) is 0 Å². The maximum atomic E-state index is 11.5. The number of aromatic hydroxyl groups is 1.